The van der Waals surface area contributed by atoms with E-state index in [9.17, 15) is 9.18 Å². The van der Waals surface area contributed by atoms with Crippen molar-refractivity contribution in [1.29, 1.82) is 0 Å². The fourth-order valence-electron chi connectivity index (χ4n) is 3.73. The molecule has 0 aromatic heterocycles. The third-order valence-corrected chi connectivity index (χ3v) is 5.50. The second-order valence-electron chi connectivity index (χ2n) is 7.98. The van der Waals surface area contributed by atoms with Crippen molar-refractivity contribution >= 4 is 5.91 Å². The largest absolute Gasteiger partial charge is 0.484 e. The second-order valence-corrected chi connectivity index (χ2v) is 7.98. The summed E-state index contributed by atoms with van der Waals surface area (Å²) in [5, 5.41) is 3.02. The first-order chi connectivity index (χ1) is 14.0. The number of nitrogens with zero attached hydrogens (tertiary/aromatic N) is 1. The Balaban J connectivity index is 1.60. The maximum atomic E-state index is 13.0. The van der Waals surface area contributed by atoms with Crippen molar-refractivity contribution in [2.75, 3.05) is 26.2 Å². The molecule has 1 aliphatic rings. The van der Waals surface area contributed by atoms with Gasteiger partial charge in [-0.25, -0.2) is 4.39 Å². The van der Waals surface area contributed by atoms with Gasteiger partial charge in [-0.1, -0.05) is 44.5 Å². The van der Waals surface area contributed by atoms with Gasteiger partial charge >= 0.3 is 0 Å². The lowest BCUT2D eigenvalue weighted by atomic mass is 9.97. The van der Waals surface area contributed by atoms with E-state index >= 15 is 0 Å². The van der Waals surface area contributed by atoms with Crippen LogP contribution in [0.1, 0.15) is 56.2 Å². The molecular formula is C24H31FN2O2. The zero-order valence-electron chi connectivity index (χ0n) is 17.4. The van der Waals surface area contributed by atoms with Gasteiger partial charge in [-0.3, -0.25) is 9.69 Å². The first-order valence-corrected chi connectivity index (χ1v) is 10.5. The molecule has 0 radical (unpaired) electrons. The van der Waals surface area contributed by atoms with Crippen molar-refractivity contribution in [1.82, 2.24) is 10.2 Å². The fraction of sp³-hybridized carbons (Fsp3) is 0.458. The number of halogens is 1. The molecule has 156 valence electrons. The smallest absolute Gasteiger partial charge is 0.258 e. The SMILES string of the molecule is CC(C)c1ccc(C(CNC(=O)COc2ccc(F)cc2)N2CCCCC2)cc1. The minimum Gasteiger partial charge on any atom is -0.484 e. The molecule has 0 bridgehead atoms. The van der Waals surface area contributed by atoms with Crippen LogP contribution < -0.4 is 10.1 Å². The second kappa shape index (κ2) is 10.4. The Hall–Kier alpha value is -2.40. The number of carbonyl (C=O) groups excluding carboxylic acids is 1. The topological polar surface area (TPSA) is 41.6 Å². The monoisotopic (exact) mass is 398 g/mol. The Morgan fingerprint density at radius 2 is 1.62 bits per heavy atom. The zero-order chi connectivity index (χ0) is 20.6. The van der Waals surface area contributed by atoms with Gasteiger partial charge in [0.2, 0.25) is 0 Å². The number of hydrogen-bond donors (Lipinski definition) is 1. The molecule has 1 N–H and O–H groups in total. The van der Waals surface area contributed by atoms with Crippen molar-refractivity contribution in [3.63, 3.8) is 0 Å². The summed E-state index contributed by atoms with van der Waals surface area (Å²) in [6.07, 6.45) is 3.66. The summed E-state index contributed by atoms with van der Waals surface area (Å²) in [6, 6.07) is 14.6. The van der Waals surface area contributed by atoms with E-state index < -0.39 is 0 Å². The van der Waals surface area contributed by atoms with Gasteiger partial charge in [-0.15, -0.1) is 0 Å². The third kappa shape index (κ3) is 6.29. The molecule has 1 atom stereocenters. The molecule has 0 spiro atoms. The number of nitrogens with one attached hydrogen (secondary N) is 1. The van der Waals surface area contributed by atoms with Gasteiger partial charge in [0, 0.05) is 6.54 Å². The highest BCUT2D eigenvalue weighted by atomic mass is 19.1. The Morgan fingerprint density at radius 3 is 2.24 bits per heavy atom. The molecule has 5 heteroatoms. The van der Waals surface area contributed by atoms with E-state index in [0.29, 0.717) is 18.2 Å². The highest BCUT2D eigenvalue weighted by Gasteiger charge is 2.23. The van der Waals surface area contributed by atoms with E-state index in [-0.39, 0.29) is 24.4 Å². The van der Waals surface area contributed by atoms with Crippen LogP contribution in [0.15, 0.2) is 48.5 Å². The molecule has 1 unspecified atom stereocenters. The number of carbonyl (C=O) groups is 1. The average Bonchev–Trinajstić information content (AvgIpc) is 2.74. The molecule has 1 fully saturated rings. The van der Waals surface area contributed by atoms with E-state index in [1.807, 2.05) is 0 Å². The van der Waals surface area contributed by atoms with Gasteiger partial charge in [0.1, 0.15) is 11.6 Å². The van der Waals surface area contributed by atoms with Crippen LogP contribution in [0.5, 0.6) is 5.75 Å². The average molecular weight is 399 g/mol. The number of piperidine rings is 1. The number of amides is 1. The molecule has 4 nitrogen and oxygen atoms in total. The Kier molecular flexibility index (Phi) is 7.64. The normalized spacial score (nSPS) is 15.9. The molecule has 1 amide bonds. The summed E-state index contributed by atoms with van der Waals surface area (Å²) < 4.78 is 18.4. The van der Waals surface area contributed by atoms with Gasteiger partial charge in [0.15, 0.2) is 6.61 Å². The summed E-state index contributed by atoms with van der Waals surface area (Å²) in [5.74, 6) is 0.490. The minimum atomic E-state index is -0.324. The highest BCUT2D eigenvalue weighted by molar-refractivity contribution is 5.77. The van der Waals surface area contributed by atoms with Crippen LogP contribution in [-0.4, -0.2) is 37.0 Å². The van der Waals surface area contributed by atoms with Crippen molar-refractivity contribution < 1.29 is 13.9 Å². The summed E-state index contributed by atoms with van der Waals surface area (Å²) in [4.78, 5) is 14.8. The number of rotatable bonds is 8. The van der Waals surface area contributed by atoms with E-state index in [1.165, 1.54) is 54.7 Å². The first-order valence-electron chi connectivity index (χ1n) is 10.5. The molecule has 2 aromatic rings. The third-order valence-electron chi connectivity index (χ3n) is 5.50. The lowest BCUT2D eigenvalue weighted by Crippen LogP contribution is -2.41. The maximum Gasteiger partial charge on any atom is 0.258 e. The predicted octanol–water partition coefficient (Wildman–Crippen LogP) is 4.67. The number of hydrogen-bond acceptors (Lipinski definition) is 3. The van der Waals surface area contributed by atoms with Gasteiger partial charge in [0.25, 0.3) is 5.91 Å². The molecule has 3 rings (SSSR count). The van der Waals surface area contributed by atoms with Crippen molar-refractivity contribution in [3.8, 4) is 5.75 Å². The van der Waals surface area contributed by atoms with Crippen LogP contribution in [0, 0.1) is 5.82 Å². The van der Waals surface area contributed by atoms with E-state index in [0.717, 1.165) is 13.1 Å². The van der Waals surface area contributed by atoms with E-state index in [4.69, 9.17) is 4.74 Å². The number of likely N-dealkylation sites (tertiary alicyclic amines) is 1. The number of ether oxygens (including phenoxy) is 1. The maximum absolute atomic E-state index is 13.0. The molecular weight excluding hydrogens is 367 g/mol. The van der Waals surface area contributed by atoms with E-state index in [2.05, 4.69) is 48.3 Å². The summed E-state index contributed by atoms with van der Waals surface area (Å²) >= 11 is 0. The molecule has 0 saturated carbocycles. The van der Waals surface area contributed by atoms with Crippen molar-refractivity contribution in [2.24, 2.45) is 0 Å². The van der Waals surface area contributed by atoms with Crippen LogP contribution in [0.2, 0.25) is 0 Å². The van der Waals surface area contributed by atoms with Gasteiger partial charge in [-0.05, 0) is 67.2 Å². The minimum absolute atomic E-state index is 0.0787. The van der Waals surface area contributed by atoms with Crippen LogP contribution in [0.25, 0.3) is 0 Å². The van der Waals surface area contributed by atoms with Crippen molar-refractivity contribution in [3.05, 3.63) is 65.5 Å². The Bertz CT molecular complexity index is 768. The molecule has 1 aliphatic heterocycles. The number of benzene rings is 2. The van der Waals surface area contributed by atoms with Gasteiger partial charge in [0.05, 0.1) is 6.04 Å². The van der Waals surface area contributed by atoms with Crippen molar-refractivity contribution in [2.45, 2.75) is 45.1 Å². The lowest BCUT2D eigenvalue weighted by molar-refractivity contribution is -0.123. The molecule has 0 aliphatic carbocycles. The molecule has 2 aromatic carbocycles. The Labute approximate surface area is 173 Å². The van der Waals surface area contributed by atoms with Gasteiger partial charge < -0.3 is 10.1 Å². The zero-order valence-corrected chi connectivity index (χ0v) is 17.4. The van der Waals surface area contributed by atoms with Gasteiger partial charge in [-0.2, -0.15) is 0 Å². The quantitative estimate of drug-likeness (QED) is 0.702. The predicted molar refractivity (Wildman–Crippen MR) is 114 cm³/mol. The highest BCUT2D eigenvalue weighted by Crippen LogP contribution is 2.26. The standard InChI is InChI=1S/C24H31FN2O2/c1-18(2)19-6-8-20(9-7-19)23(27-14-4-3-5-15-27)16-26-24(28)17-29-22-12-10-21(25)11-13-22/h6-13,18,23H,3-5,14-17H2,1-2H3,(H,26,28). The van der Waals surface area contributed by atoms with Crippen LogP contribution in [0.4, 0.5) is 4.39 Å². The molecule has 1 saturated heterocycles. The van der Waals surface area contributed by atoms with Crippen LogP contribution in [-0.2, 0) is 4.79 Å². The molecule has 29 heavy (non-hydrogen) atoms. The summed E-state index contributed by atoms with van der Waals surface area (Å²) in [5.41, 5.74) is 2.55. The summed E-state index contributed by atoms with van der Waals surface area (Å²) in [7, 11) is 0. The fourth-order valence-corrected chi connectivity index (χ4v) is 3.73. The first kappa shape index (κ1) is 21.3. The van der Waals surface area contributed by atoms with E-state index in [1.54, 1.807) is 0 Å². The Morgan fingerprint density at radius 1 is 1.00 bits per heavy atom. The lowest BCUT2D eigenvalue weighted by Gasteiger charge is -2.35. The van der Waals surface area contributed by atoms with Crippen LogP contribution in [0.3, 0.4) is 0 Å². The summed E-state index contributed by atoms with van der Waals surface area (Å²) in [6.45, 7) is 6.96. The van der Waals surface area contributed by atoms with Crippen LogP contribution >= 0.6 is 0 Å². The molecule has 1 heterocycles.